The molecule has 1 rings (SSSR count). The van der Waals surface area contributed by atoms with Gasteiger partial charge < -0.3 is 9.84 Å². The number of benzene rings is 1. The second kappa shape index (κ2) is 6.69. The zero-order valence-corrected chi connectivity index (χ0v) is 12.0. The third-order valence-corrected chi connectivity index (χ3v) is 2.76. The number of amides is 1. The molecule has 1 aromatic rings. The predicted molar refractivity (Wildman–Crippen MR) is 72.8 cm³/mol. The molecule has 0 bridgehead atoms. The third-order valence-electron chi connectivity index (χ3n) is 2.43. The summed E-state index contributed by atoms with van der Waals surface area (Å²) in [4.78, 5) is 22.4. The number of hydrogen-bond acceptors (Lipinski definition) is 3. The van der Waals surface area contributed by atoms with Crippen LogP contribution in [0.2, 0.25) is 5.02 Å². The van der Waals surface area contributed by atoms with Gasteiger partial charge in [0.15, 0.2) is 0 Å². The highest BCUT2D eigenvalue weighted by Gasteiger charge is 2.31. The van der Waals surface area contributed by atoms with Crippen molar-refractivity contribution in [1.82, 2.24) is 0 Å². The summed E-state index contributed by atoms with van der Waals surface area (Å²) in [5.74, 6) is -1.46. The van der Waals surface area contributed by atoms with Crippen LogP contribution in [0, 0.1) is 0 Å². The molecule has 0 aromatic heterocycles. The molecule has 0 saturated heterocycles. The van der Waals surface area contributed by atoms with Gasteiger partial charge in [-0.2, -0.15) is 13.2 Å². The van der Waals surface area contributed by atoms with Crippen LogP contribution in [0.25, 0.3) is 0 Å². The lowest BCUT2D eigenvalue weighted by molar-refractivity contribution is -0.144. The average molecular weight is 338 g/mol. The van der Waals surface area contributed by atoms with E-state index in [-0.39, 0.29) is 16.3 Å². The van der Waals surface area contributed by atoms with E-state index < -0.39 is 29.9 Å². The van der Waals surface area contributed by atoms with E-state index in [4.69, 9.17) is 16.7 Å². The molecule has 22 heavy (non-hydrogen) atoms. The van der Waals surface area contributed by atoms with E-state index in [1.165, 1.54) is 6.92 Å². The van der Waals surface area contributed by atoms with Gasteiger partial charge in [-0.15, -0.1) is 0 Å². The second-order valence-electron chi connectivity index (χ2n) is 4.29. The number of carbonyl (C=O) groups excluding carboxylic acids is 1. The standard InChI is InChI=1S/C13H11ClF3NO4/c1-6(2)10(11(19)20)22-12(21)18-9-5-7(13(15,16)17)3-4-8(9)14/h3-5,10H,1H2,2H3,(H,18,21)(H,19,20). The summed E-state index contributed by atoms with van der Waals surface area (Å²) in [5.41, 5.74) is -1.34. The lowest BCUT2D eigenvalue weighted by Gasteiger charge is -2.15. The normalized spacial score (nSPS) is 12.4. The molecule has 9 heteroatoms. The number of carbonyl (C=O) groups is 2. The Bertz CT molecular complexity index is 602. The number of rotatable bonds is 4. The molecule has 0 saturated carbocycles. The minimum atomic E-state index is -4.62. The van der Waals surface area contributed by atoms with Crippen LogP contribution in [0.4, 0.5) is 23.7 Å². The molecular weight excluding hydrogens is 327 g/mol. The van der Waals surface area contributed by atoms with Gasteiger partial charge in [-0.05, 0) is 30.7 Å². The Kier molecular flexibility index (Phi) is 5.43. The Hall–Kier alpha value is -2.22. The van der Waals surface area contributed by atoms with Crippen LogP contribution in [-0.2, 0) is 15.7 Å². The van der Waals surface area contributed by atoms with Gasteiger partial charge in [-0.3, -0.25) is 5.32 Å². The van der Waals surface area contributed by atoms with Crippen molar-refractivity contribution < 1.29 is 32.6 Å². The summed E-state index contributed by atoms with van der Waals surface area (Å²) in [5, 5.41) is 10.6. The molecule has 0 spiro atoms. The van der Waals surface area contributed by atoms with E-state index in [0.717, 1.165) is 12.1 Å². The van der Waals surface area contributed by atoms with Gasteiger partial charge in [-0.25, -0.2) is 9.59 Å². The van der Waals surface area contributed by atoms with Crippen molar-refractivity contribution in [2.24, 2.45) is 0 Å². The van der Waals surface area contributed by atoms with Crippen LogP contribution in [0.1, 0.15) is 12.5 Å². The monoisotopic (exact) mass is 337 g/mol. The van der Waals surface area contributed by atoms with Gasteiger partial charge >= 0.3 is 18.2 Å². The highest BCUT2D eigenvalue weighted by molar-refractivity contribution is 6.33. The molecule has 0 radical (unpaired) electrons. The van der Waals surface area contributed by atoms with Crippen molar-refractivity contribution in [3.8, 4) is 0 Å². The van der Waals surface area contributed by atoms with Crippen LogP contribution in [0.5, 0.6) is 0 Å². The fraction of sp³-hybridized carbons (Fsp3) is 0.231. The first kappa shape index (κ1) is 17.8. The van der Waals surface area contributed by atoms with Gasteiger partial charge in [0.05, 0.1) is 16.3 Å². The van der Waals surface area contributed by atoms with E-state index in [9.17, 15) is 22.8 Å². The van der Waals surface area contributed by atoms with Crippen LogP contribution in [-0.4, -0.2) is 23.3 Å². The van der Waals surface area contributed by atoms with E-state index >= 15 is 0 Å². The molecule has 0 aliphatic rings. The molecule has 0 fully saturated rings. The van der Waals surface area contributed by atoms with Crippen LogP contribution < -0.4 is 5.32 Å². The van der Waals surface area contributed by atoms with Crippen molar-refractivity contribution in [1.29, 1.82) is 0 Å². The molecule has 5 nitrogen and oxygen atoms in total. The van der Waals surface area contributed by atoms with Crippen LogP contribution in [0.3, 0.4) is 0 Å². The summed E-state index contributed by atoms with van der Waals surface area (Å²) in [6, 6.07) is 2.31. The van der Waals surface area contributed by atoms with Crippen LogP contribution in [0.15, 0.2) is 30.4 Å². The molecule has 1 aromatic carbocycles. The molecule has 0 aliphatic heterocycles. The number of anilines is 1. The maximum absolute atomic E-state index is 12.6. The fourth-order valence-electron chi connectivity index (χ4n) is 1.41. The number of aliphatic carboxylic acids is 1. The summed E-state index contributed by atoms with van der Waals surface area (Å²) >= 11 is 5.68. The highest BCUT2D eigenvalue weighted by atomic mass is 35.5. The van der Waals surface area contributed by atoms with Gasteiger partial charge in [0, 0.05) is 0 Å². The molecule has 0 aliphatic carbocycles. The number of hydrogen-bond donors (Lipinski definition) is 2. The average Bonchev–Trinajstić information content (AvgIpc) is 2.36. The van der Waals surface area contributed by atoms with E-state index in [1.54, 1.807) is 0 Å². The molecular formula is C13H11ClF3NO4. The number of carboxylic acids is 1. The second-order valence-corrected chi connectivity index (χ2v) is 4.69. The van der Waals surface area contributed by atoms with E-state index in [1.807, 2.05) is 5.32 Å². The van der Waals surface area contributed by atoms with Crippen molar-refractivity contribution in [3.63, 3.8) is 0 Å². The SMILES string of the molecule is C=C(C)C(OC(=O)Nc1cc(C(F)(F)F)ccc1Cl)C(=O)O. The maximum Gasteiger partial charge on any atom is 0.416 e. The first-order valence-electron chi connectivity index (χ1n) is 5.75. The number of halogens is 4. The maximum atomic E-state index is 12.6. The Morgan fingerprint density at radius 3 is 2.45 bits per heavy atom. The van der Waals surface area contributed by atoms with Crippen molar-refractivity contribution in [2.45, 2.75) is 19.2 Å². The smallest absolute Gasteiger partial charge is 0.416 e. The van der Waals surface area contributed by atoms with Crippen molar-refractivity contribution in [3.05, 3.63) is 40.9 Å². The zero-order chi connectivity index (χ0) is 17.1. The number of nitrogens with one attached hydrogen (secondary N) is 1. The minimum absolute atomic E-state index is 0.0396. The third kappa shape index (κ3) is 4.66. The zero-order valence-electron chi connectivity index (χ0n) is 11.2. The Labute approximate surface area is 128 Å². The predicted octanol–water partition coefficient (Wildman–Crippen LogP) is 3.94. The number of ether oxygens (including phenoxy) is 1. The summed E-state index contributed by atoms with van der Waals surface area (Å²) in [6.07, 6.45) is -7.51. The Balaban J connectivity index is 2.92. The lowest BCUT2D eigenvalue weighted by Crippen LogP contribution is -2.30. The molecule has 1 unspecified atom stereocenters. The Morgan fingerprint density at radius 1 is 1.41 bits per heavy atom. The number of carboxylic acid groups (broad SMARTS) is 1. The quantitative estimate of drug-likeness (QED) is 0.816. The van der Waals surface area contributed by atoms with Crippen molar-refractivity contribution >= 4 is 29.4 Å². The molecule has 120 valence electrons. The largest absolute Gasteiger partial charge is 0.478 e. The lowest BCUT2D eigenvalue weighted by atomic mass is 10.2. The molecule has 1 atom stereocenters. The van der Waals surface area contributed by atoms with Gasteiger partial charge in [0.2, 0.25) is 6.10 Å². The summed E-state index contributed by atoms with van der Waals surface area (Å²) < 4.78 is 42.3. The van der Waals surface area contributed by atoms with Crippen molar-refractivity contribution in [2.75, 3.05) is 5.32 Å². The Morgan fingerprint density at radius 2 is 2.00 bits per heavy atom. The van der Waals surface area contributed by atoms with Gasteiger partial charge in [-0.1, -0.05) is 18.2 Å². The molecule has 0 heterocycles. The summed E-state index contributed by atoms with van der Waals surface area (Å²) in [7, 11) is 0. The fourth-order valence-corrected chi connectivity index (χ4v) is 1.57. The van der Waals surface area contributed by atoms with E-state index in [2.05, 4.69) is 11.3 Å². The van der Waals surface area contributed by atoms with E-state index in [0.29, 0.717) is 6.07 Å². The van der Waals surface area contributed by atoms with Gasteiger partial charge in [0.1, 0.15) is 0 Å². The topological polar surface area (TPSA) is 75.6 Å². The molecule has 1 amide bonds. The first-order valence-corrected chi connectivity index (χ1v) is 6.12. The molecule has 2 N–H and O–H groups in total. The van der Waals surface area contributed by atoms with Gasteiger partial charge in [0.25, 0.3) is 0 Å². The summed E-state index contributed by atoms with van der Waals surface area (Å²) in [6.45, 7) is 4.66. The first-order chi connectivity index (χ1) is 10.0. The van der Waals surface area contributed by atoms with Crippen LogP contribution >= 0.6 is 11.6 Å². The minimum Gasteiger partial charge on any atom is -0.478 e. The highest BCUT2D eigenvalue weighted by Crippen LogP contribution is 2.33. The number of alkyl halides is 3.